The smallest absolute Gasteiger partial charge is 0.497 e. The van der Waals surface area contributed by atoms with Crippen molar-refractivity contribution in [2.75, 3.05) is 7.11 Å². The summed E-state index contributed by atoms with van der Waals surface area (Å²) in [5.74, 6) is 3.08. The Morgan fingerprint density at radius 1 is 0.600 bits per heavy atom. The van der Waals surface area contributed by atoms with E-state index in [9.17, 15) is 0 Å². The predicted molar refractivity (Wildman–Crippen MR) is 124 cm³/mol. The Bertz CT molecular complexity index is 933. The maximum Gasteiger partial charge on any atom is 1.00 e. The van der Waals surface area contributed by atoms with Crippen molar-refractivity contribution < 1.29 is 27.1 Å². The minimum atomic E-state index is -0.446. The van der Waals surface area contributed by atoms with Crippen LogP contribution in [0.4, 0.5) is 0 Å². The second-order valence-electron chi connectivity index (χ2n) is 6.20. The number of benzene rings is 4. The van der Waals surface area contributed by atoms with E-state index in [0.717, 1.165) is 11.3 Å². The maximum absolute atomic E-state index is 6.78. The van der Waals surface area contributed by atoms with Crippen LogP contribution in [0, 0.1) is 12.3 Å². The molecule has 0 aromatic heterocycles. The molecule has 0 atom stereocenters. The molecule has 0 aliphatic carbocycles. The number of ether oxygens (including phenoxy) is 1. The van der Waals surface area contributed by atoms with Crippen molar-refractivity contribution in [2.24, 2.45) is 0 Å². The molecule has 0 aliphatic heterocycles. The fourth-order valence-corrected chi connectivity index (χ4v) is 5.16. The third-order valence-corrected chi connectivity index (χ3v) is 6.72. The molecule has 0 radical (unpaired) electrons. The maximum atomic E-state index is 6.78. The first kappa shape index (κ1) is 23.7. The molecule has 0 saturated heterocycles. The van der Waals surface area contributed by atoms with Gasteiger partial charge in [0.1, 0.15) is 5.75 Å². The molecule has 0 unspecified atom stereocenters. The van der Waals surface area contributed by atoms with Crippen LogP contribution in [0.15, 0.2) is 115 Å². The zero-order valence-electron chi connectivity index (χ0n) is 16.6. The molecule has 1 nitrogen and oxygen atoms in total. The average Bonchev–Trinajstić information content (AvgIpc) is 2.82. The van der Waals surface area contributed by atoms with Crippen molar-refractivity contribution in [3.63, 3.8) is 0 Å². The van der Waals surface area contributed by atoms with E-state index >= 15 is 0 Å². The Balaban J connectivity index is 0.000000249. The molecule has 0 N–H and O–H groups in total. The monoisotopic (exact) mass is 590 g/mol. The molecule has 0 aliphatic rings. The Labute approximate surface area is 196 Å². The van der Waals surface area contributed by atoms with Crippen LogP contribution in [0.3, 0.4) is 0 Å². The van der Waals surface area contributed by atoms with Gasteiger partial charge in [-0.05, 0) is 36.0 Å². The van der Waals surface area contributed by atoms with E-state index in [0.29, 0.717) is 0 Å². The largest absolute Gasteiger partial charge is 1.00 e. The van der Waals surface area contributed by atoms with Gasteiger partial charge in [-0.3, -0.25) is 5.92 Å². The van der Waals surface area contributed by atoms with Gasteiger partial charge in [0.05, 0.1) is 7.11 Å². The van der Waals surface area contributed by atoms with E-state index in [1.165, 1.54) is 15.9 Å². The molecule has 152 valence electrons. The quantitative estimate of drug-likeness (QED) is 0.140. The predicted octanol–water partition coefficient (Wildman–Crippen LogP) is 5.08. The number of hydrogen-bond acceptors (Lipinski definition) is 1. The van der Waals surface area contributed by atoms with Crippen LogP contribution < -0.4 is 20.7 Å². The number of hydrogen-bond donors (Lipinski definition) is 0. The molecular weight excluding hydrogens is 568 g/mol. The van der Waals surface area contributed by atoms with Crippen LogP contribution in [-0.2, 0) is 22.4 Å². The standard InChI is InChI=1S/C18H15P.C9H7O.Au/c1-4-10-16(11-5-1)19(17-12-6-2-7-13-17)18-14-8-3-9-15-18;1-3-8-4-6-9(10-2)7-5-8;/h1-15H;4-7H,2H3;/q;-1;+1. The minimum absolute atomic E-state index is 0. The molecule has 0 bridgehead atoms. The second kappa shape index (κ2) is 12.9. The summed E-state index contributed by atoms with van der Waals surface area (Å²) >= 11 is 0. The molecule has 0 heterocycles. The first-order valence-corrected chi connectivity index (χ1v) is 10.7. The van der Waals surface area contributed by atoms with Crippen molar-refractivity contribution in [1.29, 1.82) is 0 Å². The fourth-order valence-electron chi connectivity index (χ4n) is 2.85. The second-order valence-corrected chi connectivity index (χ2v) is 8.42. The van der Waals surface area contributed by atoms with Gasteiger partial charge < -0.3 is 11.2 Å². The van der Waals surface area contributed by atoms with Gasteiger partial charge >= 0.3 is 22.4 Å². The van der Waals surface area contributed by atoms with Crippen LogP contribution in [0.2, 0.25) is 0 Å². The summed E-state index contributed by atoms with van der Waals surface area (Å²) in [6, 6.07) is 39.5. The van der Waals surface area contributed by atoms with Crippen LogP contribution >= 0.6 is 7.92 Å². The summed E-state index contributed by atoms with van der Waals surface area (Å²) in [6.45, 7) is 0. The van der Waals surface area contributed by atoms with Gasteiger partial charge in [0.25, 0.3) is 0 Å². The first-order valence-electron chi connectivity index (χ1n) is 9.34. The van der Waals surface area contributed by atoms with Crippen molar-refractivity contribution in [2.45, 2.75) is 0 Å². The van der Waals surface area contributed by atoms with E-state index in [1.54, 1.807) is 31.4 Å². The van der Waals surface area contributed by atoms with Gasteiger partial charge in [0.15, 0.2) is 0 Å². The third kappa shape index (κ3) is 6.74. The molecule has 0 fully saturated rings. The molecule has 3 heteroatoms. The summed E-state index contributed by atoms with van der Waals surface area (Å²) < 4.78 is 4.92. The molecule has 0 saturated carbocycles. The number of methoxy groups -OCH3 is 1. The zero-order chi connectivity index (χ0) is 20.3. The third-order valence-electron chi connectivity index (χ3n) is 4.28. The Hall–Kier alpha value is -2.59. The van der Waals surface area contributed by atoms with E-state index in [1.807, 2.05) is 0 Å². The summed E-state index contributed by atoms with van der Waals surface area (Å²) in [7, 11) is 1.17. The van der Waals surface area contributed by atoms with Crippen LogP contribution in [0.25, 0.3) is 0 Å². The van der Waals surface area contributed by atoms with Gasteiger partial charge in [-0.1, -0.05) is 91.0 Å². The SMILES string of the molecule is [Au+].[C-]#Cc1ccc(OC)cc1.c1ccc(P(c2ccccc2)c2ccccc2)cc1. The molecular formula is C27H22AuOP. The van der Waals surface area contributed by atoms with Crippen molar-refractivity contribution >= 4 is 23.8 Å². The van der Waals surface area contributed by atoms with Gasteiger partial charge in [-0.25, -0.2) is 0 Å². The molecule has 0 spiro atoms. The fraction of sp³-hybridized carbons (Fsp3) is 0.0370. The Morgan fingerprint density at radius 2 is 0.967 bits per heavy atom. The molecule has 4 rings (SSSR count). The minimum Gasteiger partial charge on any atom is -0.497 e. The van der Waals surface area contributed by atoms with Gasteiger partial charge in [-0.15, -0.1) is 17.7 Å². The summed E-state index contributed by atoms with van der Waals surface area (Å²) in [5, 5.41) is 4.19. The summed E-state index contributed by atoms with van der Waals surface area (Å²) in [5.41, 5.74) is 0.765. The average molecular weight is 590 g/mol. The van der Waals surface area contributed by atoms with E-state index in [4.69, 9.17) is 11.2 Å². The Morgan fingerprint density at radius 3 is 1.27 bits per heavy atom. The van der Waals surface area contributed by atoms with Gasteiger partial charge in [0, 0.05) is 0 Å². The molecule has 4 aromatic carbocycles. The van der Waals surface area contributed by atoms with E-state index in [2.05, 4.69) is 96.9 Å². The summed E-state index contributed by atoms with van der Waals surface area (Å²) in [4.78, 5) is 0. The van der Waals surface area contributed by atoms with Gasteiger partial charge in [-0.2, -0.15) is 0 Å². The molecule has 0 amide bonds. The Kier molecular flexibility index (Phi) is 10.2. The van der Waals surface area contributed by atoms with Crippen LogP contribution in [0.1, 0.15) is 5.56 Å². The molecule has 4 aromatic rings. The number of rotatable bonds is 4. The zero-order valence-corrected chi connectivity index (χ0v) is 19.7. The van der Waals surface area contributed by atoms with E-state index < -0.39 is 7.92 Å². The topological polar surface area (TPSA) is 9.23 Å². The molecule has 30 heavy (non-hydrogen) atoms. The van der Waals surface area contributed by atoms with Crippen molar-refractivity contribution in [3.05, 3.63) is 127 Å². The normalized spacial score (nSPS) is 9.50. The van der Waals surface area contributed by atoms with E-state index in [-0.39, 0.29) is 22.4 Å². The van der Waals surface area contributed by atoms with Crippen molar-refractivity contribution in [1.82, 2.24) is 0 Å². The first-order chi connectivity index (χ1) is 14.3. The van der Waals surface area contributed by atoms with Gasteiger partial charge in [0.2, 0.25) is 0 Å². The van der Waals surface area contributed by atoms with Crippen LogP contribution in [-0.4, -0.2) is 7.11 Å². The van der Waals surface area contributed by atoms with Crippen molar-refractivity contribution in [3.8, 4) is 11.7 Å². The summed E-state index contributed by atoms with van der Waals surface area (Å²) in [6.07, 6.45) is 6.78. The van der Waals surface area contributed by atoms with Crippen LogP contribution in [0.5, 0.6) is 5.75 Å².